The summed E-state index contributed by atoms with van der Waals surface area (Å²) in [6.07, 6.45) is 0.668. The van der Waals surface area contributed by atoms with Crippen molar-refractivity contribution in [2.75, 3.05) is 0 Å². The minimum atomic E-state index is -0.375. The van der Waals surface area contributed by atoms with Crippen LogP contribution in [-0.4, -0.2) is 4.92 Å². The van der Waals surface area contributed by atoms with Crippen molar-refractivity contribution in [3.63, 3.8) is 0 Å². The van der Waals surface area contributed by atoms with E-state index < -0.39 is 0 Å². The molecule has 0 aliphatic carbocycles. The highest BCUT2D eigenvalue weighted by atomic mass is 16.6. The molecular formula is C14H12NO2. The molecule has 2 aromatic rings. The van der Waals surface area contributed by atoms with Gasteiger partial charge in [0, 0.05) is 12.1 Å². The lowest BCUT2D eigenvalue weighted by Gasteiger charge is -2.05. The van der Waals surface area contributed by atoms with E-state index in [2.05, 4.69) is 6.92 Å². The normalized spacial score (nSPS) is 10.2. The molecule has 0 fully saturated rings. The molecule has 3 nitrogen and oxygen atoms in total. The smallest absolute Gasteiger partial charge is 0.258 e. The third-order valence-electron chi connectivity index (χ3n) is 2.63. The Kier molecular flexibility index (Phi) is 3.19. The van der Waals surface area contributed by atoms with Gasteiger partial charge in [-0.2, -0.15) is 0 Å². The fourth-order valence-electron chi connectivity index (χ4n) is 1.73. The second-order valence-electron chi connectivity index (χ2n) is 3.87. The van der Waals surface area contributed by atoms with Crippen molar-refractivity contribution in [3.8, 4) is 0 Å². The van der Waals surface area contributed by atoms with E-state index in [0.29, 0.717) is 6.42 Å². The van der Waals surface area contributed by atoms with Gasteiger partial charge >= 0.3 is 0 Å². The van der Waals surface area contributed by atoms with E-state index in [1.54, 1.807) is 12.1 Å². The second-order valence-corrected chi connectivity index (χ2v) is 3.87. The molecule has 0 amide bonds. The van der Waals surface area contributed by atoms with Crippen LogP contribution < -0.4 is 0 Å². The number of nitrogens with zero attached hydrogens (tertiary/aromatic N) is 1. The highest BCUT2D eigenvalue weighted by Crippen LogP contribution is 2.18. The minimum absolute atomic E-state index is 0.129. The summed E-state index contributed by atoms with van der Waals surface area (Å²) in [4.78, 5) is 10.3. The van der Waals surface area contributed by atoms with Crippen molar-refractivity contribution in [3.05, 3.63) is 82.3 Å². The van der Waals surface area contributed by atoms with Crippen molar-refractivity contribution in [2.24, 2.45) is 0 Å². The number of hydrogen-bond acceptors (Lipinski definition) is 2. The molecule has 0 atom stereocenters. The van der Waals surface area contributed by atoms with E-state index in [9.17, 15) is 10.1 Å². The Balaban J connectivity index is 2.28. The molecule has 85 valence electrons. The van der Waals surface area contributed by atoms with Crippen LogP contribution in [0.1, 0.15) is 16.7 Å². The lowest BCUT2D eigenvalue weighted by molar-refractivity contribution is -0.384. The van der Waals surface area contributed by atoms with Crippen LogP contribution in [0, 0.1) is 17.0 Å². The fourth-order valence-corrected chi connectivity index (χ4v) is 1.73. The lowest BCUT2D eigenvalue weighted by atomic mass is 10.0. The summed E-state index contributed by atoms with van der Waals surface area (Å²) in [6, 6.07) is 14.5. The highest BCUT2D eigenvalue weighted by molar-refractivity contribution is 5.39. The van der Waals surface area contributed by atoms with Crippen molar-refractivity contribution in [1.29, 1.82) is 0 Å². The molecular weight excluding hydrogens is 214 g/mol. The summed E-state index contributed by atoms with van der Waals surface area (Å²) >= 11 is 0. The number of nitro benzene ring substituents is 1. The first-order chi connectivity index (χ1) is 8.16. The molecule has 1 radical (unpaired) electrons. The Morgan fingerprint density at radius 3 is 2.59 bits per heavy atom. The van der Waals surface area contributed by atoms with Gasteiger partial charge in [-0.3, -0.25) is 10.1 Å². The standard InChI is InChI=1S/C14H12NO2/c1-11-5-2-3-7-13(11)9-12-6-4-8-14(10-12)15(16)17/h2-8,10H,1,9H2. The van der Waals surface area contributed by atoms with E-state index in [4.69, 9.17) is 0 Å². The first-order valence-electron chi connectivity index (χ1n) is 5.30. The van der Waals surface area contributed by atoms with Gasteiger partial charge in [0.15, 0.2) is 0 Å². The fraction of sp³-hybridized carbons (Fsp3) is 0.0714. The van der Waals surface area contributed by atoms with Gasteiger partial charge in [-0.15, -0.1) is 0 Å². The number of benzene rings is 2. The zero-order valence-electron chi connectivity index (χ0n) is 9.30. The molecule has 0 bridgehead atoms. The first kappa shape index (κ1) is 11.3. The predicted octanol–water partition coefficient (Wildman–Crippen LogP) is 3.37. The van der Waals surface area contributed by atoms with Crippen LogP contribution >= 0.6 is 0 Å². The van der Waals surface area contributed by atoms with Crippen LogP contribution in [0.4, 0.5) is 5.69 Å². The predicted molar refractivity (Wildman–Crippen MR) is 66.8 cm³/mol. The van der Waals surface area contributed by atoms with Crippen molar-refractivity contribution < 1.29 is 4.92 Å². The van der Waals surface area contributed by atoms with Crippen LogP contribution in [-0.2, 0) is 6.42 Å². The van der Waals surface area contributed by atoms with Gasteiger partial charge < -0.3 is 0 Å². The maximum Gasteiger partial charge on any atom is 0.269 e. The lowest BCUT2D eigenvalue weighted by Crippen LogP contribution is -1.93. The Morgan fingerprint density at radius 2 is 1.88 bits per heavy atom. The summed E-state index contributed by atoms with van der Waals surface area (Å²) in [5.41, 5.74) is 3.10. The maximum absolute atomic E-state index is 10.7. The zero-order chi connectivity index (χ0) is 12.3. The summed E-state index contributed by atoms with van der Waals surface area (Å²) in [5.74, 6) is 0. The molecule has 2 rings (SSSR count). The van der Waals surface area contributed by atoms with Crippen LogP contribution in [0.25, 0.3) is 0 Å². The Bertz CT molecular complexity index is 549. The number of hydrogen-bond donors (Lipinski definition) is 0. The first-order valence-corrected chi connectivity index (χ1v) is 5.30. The van der Waals surface area contributed by atoms with Crippen LogP contribution in [0.3, 0.4) is 0 Å². The van der Waals surface area contributed by atoms with Crippen LogP contribution in [0.15, 0.2) is 48.5 Å². The largest absolute Gasteiger partial charge is 0.269 e. The van der Waals surface area contributed by atoms with Gasteiger partial charge in [-0.25, -0.2) is 0 Å². The van der Waals surface area contributed by atoms with Gasteiger partial charge in [0.05, 0.1) is 4.92 Å². The molecule has 0 saturated carbocycles. The molecule has 3 heteroatoms. The second kappa shape index (κ2) is 4.78. The molecule has 0 aromatic heterocycles. The molecule has 0 aliphatic heterocycles. The topological polar surface area (TPSA) is 43.1 Å². The van der Waals surface area contributed by atoms with E-state index in [1.165, 1.54) is 6.07 Å². The average molecular weight is 226 g/mol. The molecule has 0 aliphatic rings. The van der Waals surface area contributed by atoms with E-state index in [0.717, 1.165) is 16.7 Å². The molecule has 0 heterocycles. The Labute approximate surface area is 99.9 Å². The van der Waals surface area contributed by atoms with E-state index >= 15 is 0 Å². The molecule has 2 aromatic carbocycles. The van der Waals surface area contributed by atoms with Crippen molar-refractivity contribution in [1.82, 2.24) is 0 Å². The summed E-state index contributed by atoms with van der Waals surface area (Å²) in [5, 5.41) is 10.7. The Hall–Kier alpha value is -2.16. The van der Waals surface area contributed by atoms with Crippen molar-refractivity contribution in [2.45, 2.75) is 6.42 Å². The van der Waals surface area contributed by atoms with Gasteiger partial charge in [0.2, 0.25) is 0 Å². The Morgan fingerprint density at radius 1 is 1.12 bits per heavy atom. The monoisotopic (exact) mass is 226 g/mol. The van der Waals surface area contributed by atoms with Crippen LogP contribution in [0.5, 0.6) is 0 Å². The SMILES string of the molecule is [CH2]c1ccccc1Cc1cccc([N+](=O)[O-])c1. The van der Waals surface area contributed by atoms with Gasteiger partial charge in [0.25, 0.3) is 5.69 Å². The van der Waals surface area contributed by atoms with Gasteiger partial charge in [-0.1, -0.05) is 36.4 Å². The zero-order valence-corrected chi connectivity index (χ0v) is 9.30. The number of non-ortho nitro benzene ring substituents is 1. The highest BCUT2D eigenvalue weighted by Gasteiger charge is 2.06. The summed E-state index contributed by atoms with van der Waals surface area (Å²) < 4.78 is 0. The van der Waals surface area contributed by atoms with E-state index in [1.807, 2.05) is 30.3 Å². The molecule has 0 saturated heterocycles. The summed E-state index contributed by atoms with van der Waals surface area (Å²) in [7, 11) is 0. The molecule has 0 N–H and O–H groups in total. The third kappa shape index (κ3) is 2.69. The summed E-state index contributed by atoms with van der Waals surface area (Å²) in [6.45, 7) is 3.94. The van der Waals surface area contributed by atoms with Crippen molar-refractivity contribution >= 4 is 5.69 Å². The quantitative estimate of drug-likeness (QED) is 0.594. The van der Waals surface area contributed by atoms with Crippen LogP contribution in [0.2, 0.25) is 0 Å². The molecule has 17 heavy (non-hydrogen) atoms. The number of nitro groups is 1. The van der Waals surface area contributed by atoms with E-state index in [-0.39, 0.29) is 10.6 Å². The maximum atomic E-state index is 10.7. The minimum Gasteiger partial charge on any atom is -0.258 e. The van der Waals surface area contributed by atoms with Gasteiger partial charge in [0.1, 0.15) is 0 Å². The third-order valence-corrected chi connectivity index (χ3v) is 2.63. The average Bonchev–Trinajstić information content (AvgIpc) is 2.32. The molecule has 0 spiro atoms. The van der Waals surface area contributed by atoms with Gasteiger partial charge in [-0.05, 0) is 30.0 Å². The molecule has 0 unspecified atom stereocenters. The number of rotatable bonds is 3.